The molecule has 0 unspecified atom stereocenters. The summed E-state index contributed by atoms with van der Waals surface area (Å²) in [6.45, 7) is 2.03. The number of ether oxygens (including phenoxy) is 1. The van der Waals surface area contributed by atoms with Gasteiger partial charge in [0.25, 0.3) is 0 Å². The minimum Gasteiger partial charge on any atom is -0.495 e. The van der Waals surface area contributed by atoms with Gasteiger partial charge in [-0.1, -0.05) is 12.1 Å². The van der Waals surface area contributed by atoms with E-state index in [0.29, 0.717) is 0 Å². The Morgan fingerprint density at radius 1 is 1.43 bits per heavy atom. The number of hydrogen-bond acceptors (Lipinski definition) is 2. The van der Waals surface area contributed by atoms with Gasteiger partial charge in [0.2, 0.25) is 0 Å². The van der Waals surface area contributed by atoms with Crippen LogP contribution in [0.15, 0.2) is 16.6 Å². The lowest BCUT2D eigenvalue weighted by Crippen LogP contribution is -2.19. The Hall–Kier alpha value is -0.540. The van der Waals surface area contributed by atoms with Gasteiger partial charge in [-0.3, -0.25) is 0 Å². The van der Waals surface area contributed by atoms with Crippen molar-refractivity contribution in [2.45, 2.75) is 25.3 Å². The quantitative estimate of drug-likeness (QED) is 0.882. The van der Waals surface area contributed by atoms with Crippen LogP contribution in [0.1, 0.15) is 24.0 Å². The molecule has 14 heavy (non-hydrogen) atoms. The van der Waals surface area contributed by atoms with Gasteiger partial charge in [-0.05, 0) is 46.8 Å². The summed E-state index contributed by atoms with van der Waals surface area (Å²) in [6, 6.07) is 4.15. The first-order valence-corrected chi connectivity index (χ1v) is 5.50. The van der Waals surface area contributed by atoms with Crippen LogP contribution in [0.2, 0.25) is 0 Å². The molecule has 1 aromatic rings. The first-order chi connectivity index (χ1) is 6.58. The Labute approximate surface area is 92.6 Å². The van der Waals surface area contributed by atoms with Crippen LogP contribution in [0, 0.1) is 6.92 Å². The summed E-state index contributed by atoms with van der Waals surface area (Å²) in [5.41, 5.74) is 8.34. The fraction of sp³-hybridized carbons (Fsp3) is 0.455. The second-order valence-electron chi connectivity index (χ2n) is 3.93. The summed E-state index contributed by atoms with van der Waals surface area (Å²) in [6.07, 6.45) is 2.13. The molecule has 0 amide bonds. The SMILES string of the molecule is COc1c(C)ccc(C2(N)CC2)c1Br. The third kappa shape index (κ3) is 1.44. The minimum absolute atomic E-state index is 0.111. The lowest BCUT2D eigenvalue weighted by Gasteiger charge is -2.15. The Kier molecular flexibility index (Phi) is 2.32. The van der Waals surface area contributed by atoms with Gasteiger partial charge in [-0.25, -0.2) is 0 Å². The van der Waals surface area contributed by atoms with E-state index in [1.54, 1.807) is 7.11 Å². The predicted octanol–water partition coefficient (Wildman–Crippen LogP) is 2.71. The highest BCUT2D eigenvalue weighted by molar-refractivity contribution is 9.10. The van der Waals surface area contributed by atoms with Gasteiger partial charge >= 0.3 is 0 Å². The molecule has 2 N–H and O–H groups in total. The van der Waals surface area contributed by atoms with Crippen molar-refractivity contribution < 1.29 is 4.74 Å². The van der Waals surface area contributed by atoms with Crippen LogP contribution >= 0.6 is 15.9 Å². The van der Waals surface area contributed by atoms with Gasteiger partial charge in [0, 0.05) is 5.54 Å². The normalized spacial score (nSPS) is 18.0. The summed E-state index contributed by atoms with van der Waals surface area (Å²) < 4.78 is 6.35. The molecule has 1 saturated carbocycles. The molecule has 0 heterocycles. The number of nitrogens with two attached hydrogens (primary N) is 1. The zero-order chi connectivity index (χ0) is 10.3. The summed E-state index contributed by atoms with van der Waals surface area (Å²) in [4.78, 5) is 0. The van der Waals surface area contributed by atoms with Crippen molar-refractivity contribution >= 4 is 15.9 Å². The van der Waals surface area contributed by atoms with E-state index < -0.39 is 0 Å². The summed E-state index contributed by atoms with van der Waals surface area (Å²) in [5, 5.41) is 0. The van der Waals surface area contributed by atoms with Crippen molar-refractivity contribution in [3.63, 3.8) is 0 Å². The molecule has 1 aliphatic rings. The van der Waals surface area contributed by atoms with Crippen molar-refractivity contribution in [3.05, 3.63) is 27.7 Å². The monoisotopic (exact) mass is 255 g/mol. The molecule has 1 aliphatic carbocycles. The maximum absolute atomic E-state index is 6.16. The van der Waals surface area contributed by atoms with Crippen LogP contribution < -0.4 is 10.5 Å². The van der Waals surface area contributed by atoms with Gasteiger partial charge in [0.1, 0.15) is 5.75 Å². The molecule has 1 aromatic carbocycles. The van der Waals surface area contributed by atoms with Crippen LogP contribution in [0.3, 0.4) is 0 Å². The second kappa shape index (κ2) is 3.24. The van der Waals surface area contributed by atoms with Crippen molar-refractivity contribution in [3.8, 4) is 5.75 Å². The first-order valence-electron chi connectivity index (χ1n) is 4.71. The van der Waals surface area contributed by atoms with Gasteiger partial charge in [-0.2, -0.15) is 0 Å². The molecule has 2 nitrogen and oxygen atoms in total. The van der Waals surface area contributed by atoms with Crippen LogP contribution in [0.4, 0.5) is 0 Å². The molecule has 2 rings (SSSR count). The number of hydrogen-bond donors (Lipinski definition) is 1. The number of aryl methyl sites for hydroxylation is 1. The summed E-state index contributed by atoms with van der Waals surface area (Å²) in [7, 11) is 1.69. The topological polar surface area (TPSA) is 35.2 Å². The van der Waals surface area contributed by atoms with Crippen LogP contribution in [0.5, 0.6) is 5.75 Å². The molecule has 1 fully saturated rings. The molecule has 0 spiro atoms. The van der Waals surface area contributed by atoms with Gasteiger partial charge in [0.15, 0.2) is 0 Å². The maximum Gasteiger partial charge on any atom is 0.136 e. The number of methoxy groups -OCH3 is 1. The van der Waals surface area contributed by atoms with Gasteiger partial charge < -0.3 is 10.5 Å². The average molecular weight is 256 g/mol. The van der Waals surface area contributed by atoms with E-state index in [9.17, 15) is 0 Å². The van der Waals surface area contributed by atoms with Crippen molar-refractivity contribution in [1.82, 2.24) is 0 Å². The Morgan fingerprint density at radius 2 is 2.07 bits per heavy atom. The average Bonchev–Trinajstić information content (AvgIpc) is 2.85. The molecule has 0 radical (unpaired) electrons. The molecular weight excluding hydrogens is 242 g/mol. The van der Waals surface area contributed by atoms with E-state index in [1.807, 2.05) is 6.92 Å². The smallest absolute Gasteiger partial charge is 0.136 e. The van der Waals surface area contributed by atoms with E-state index in [4.69, 9.17) is 10.5 Å². The van der Waals surface area contributed by atoms with Gasteiger partial charge in [0.05, 0.1) is 11.6 Å². The second-order valence-corrected chi connectivity index (χ2v) is 4.73. The molecule has 0 saturated heterocycles. The highest BCUT2D eigenvalue weighted by Crippen LogP contribution is 2.48. The molecule has 3 heteroatoms. The Bertz CT molecular complexity index is 372. The zero-order valence-corrected chi connectivity index (χ0v) is 10.0. The lowest BCUT2D eigenvalue weighted by molar-refractivity contribution is 0.407. The minimum atomic E-state index is -0.111. The number of rotatable bonds is 2. The van der Waals surface area contributed by atoms with Crippen LogP contribution in [-0.4, -0.2) is 7.11 Å². The highest BCUT2D eigenvalue weighted by Gasteiger charge is 2.42. The summed E-state index contributed by atoms with van der Waals surface area (Å²) >= 11 is 3.56. The highest BCUT2D eigenvalue weighted by atomic mass is 79.9. The molecule has 76 valence electrons. The molecule has 0 aromatic heterocycles. The van der Waals surface area contributed by atoms with Crippen LogP contribution in [-0.2, 0) is 5.54 Å². The van der Waals surface area contributed by atoms with Crippen LogP contribution in [0.25, 0.3) is 0 Å². The standard InChI is InChI=1S/C11H14BrNO/c1-7-3-4-8(11(13)5-6-11)9(12)10(7)14-2/h3-4H,5-6,13H2,1-2H3. The third-order valence-corrected chi connectivity index (χ3v) is 3.61. The largest absolute Gasteiger partial charge is 0.495 e. The third-order valence-electron chi connectivity index (χ3n) is 2.82. The zero-order valence-electron chi connectivity index (χ0n) is 8.43. The van der Waals surface area contributed by atoms with Crippen molar-refractivity contribution in [2.75, 3.05) is 7.11 Å². The Balaban J connectivity index is 2.53. The number of benzene rings is 1. The van der Waals surface area contributed by atoms with Crippen molar-refractivity contribution in [1.29, 1.82) is 0 Å². The van der Waals surface area contributed by atoms with E-state index in [1.165, 1.54) is 5.56 Å². The van der Waals surface area contributed by atoms with E-state index >= 15 is 0 Å². The Morgan fingerprint density at radius 3 is 2.57 bits per heavy atom. The first kappa shape index (κ1) is 9.99. The molecule has 0 bridgehead atoms. The predicted molar refractivity (Wildman–Crippen MR) is 60.5 cm³/mol. The molecule has 0 atom stereocenters. The molecular formula is C11H14BrNO. The van der Waals surface area contributed by atoms with Gasteiger partial charge in [-0.15, -0.1) is 0 Å². The number of halogens is 1. The van der Waals surface area contributed by atoms with E-state index in [-0.39, 0.29) is 5.54 Å². The summed E-state index contributed by atoms with van der Waals surface area (Å²) in [5.74, 6) is 0.902. The van der Waals surface area contributed by atoms with Crippen molar-refractivity contribution in [2.24, 2.45) is 5.73 Å². The van der Waals surface area contributed by atoms with E-state index in [0.717, 1.165) is 28.6 Å². The maximum atomic E-state index is 6.16. The molecule has 0 aliphatic heterocycles. The fourth-order valence-corrected chi connectivity index (χ4v) is 2.69. The fourth-order valence-electron chi connectivity index (χ4n) is 1.69. The lowest BCUT2D eigenvalue weighted by atomic mass is 10.0. The van der Waals surface area contributed by atoms with E-state index in [2.05, 4.69) is 28.1 Å².